The van der Waals surface area contributed by atoms with Crippen molar-refractivity contribution in [1.82, 2.24) is 9.47 Å². The van der Waals surface area contributed by atoms with Crippen molar-refractivity contribution < 1.29 is 9.53 Å². The molecule has 0 radical (unpaired) electrons. The molecule has 2 aromatic rings. The Kier molecular flexibility index (Phi) is 4.31. The van der Waals surface area contributed by atoms with E-state index in [0.717, 1.165) is 30.0 Å². The van der Waals surface area contributed by atoms with Gasteiger partial charge >= 0.3 is 5.97 Å². The fourth-order valence-corrected chi connectivity index (χ4v) is 4.42. The Balaban J connectivity index is 1.43. The molecule has 4 nitrogen and oxygen atoms in total. The lowest BCUT2D eigenvalue weighted by Crippen LogP contribution is -2.34. The molecule has 24 heavy (non-hydrogen) atoms. The third-order valence-corrected chi connectivity index (χ3v) is 5.65. The number of rotatable bonds is 4. The summed E-state index contributed by atoms with van der Waals surface area (Å²) in [6.45, 7) is 5.81. The van der Waals surface area contributed by atoms with Gasteiger partial charge in [0.2, 0.25) is 0 Å². The maximum absolute atomic E-state index is 12.6. The third kappa shape index (κ3) is 2.84. The molecule has 2 saturated heterocycles. The van der Waals surface area contributed by atoms with Gasteiger partial charge in [-0.15, -0.1) is 0 Å². The second-order valence-electron chi connectivity index (χ2n) is 7.19. The second kappa shape index (κ2) is 6.60. The van der Waals surface area contributed by atoms with Crippen LogP contribution in [-0.4, -0.2) is 41.2 Å². The standard InChI is InChI=1S/C20H26N2O2/c1-2-21-13-18(17-8-3-4-9-19(17)21)20(23)24-14-15-11-16-7-5-6-10-22(16)12-15/h3-4,8-9,13,15-16H,2,5-7,10-12,14H2,1H3. The number of hydrogen-bond donors (Lipinski definition) is 0. The van der Waals surface area contributed by atoms with Gasteiger partial charge in [0.05, 0.1) is 12.2 Å². The van der Waals surface area contributed by atoms with Crippen LogP contribution in [0.3, 0.4) is 0 Å². The fourth-order valence-electron chi connectivity index (χ4n) is 4.42. The summed E-state index contributed by atoms with van der Waals surface area (Å²) in [5.41, 5.74) is 1.80. The summed E-state index contributed by atoms with van der Waals surface area (Å²) in [6.07, 6.45) is 7.10. The van der Waals surface area contributed by atoms with Gasteiger partial charge in [0.15, 0.2) is 0 Å². The lowest BCUT2D eigenvalue weighted by molar-refractivity contribution is 0.0445. The second-order valence-corrected chi connectivity index (χ2v) is 7.19. The molecule has 2 unspecified atom stereocenters. The monoisotopic (exact) mass is 326 g/mol. The van der Waals surface area contributed by atoms with E-state index in [2.05, 4.69) is 22.5 Å². The normalized spacial score (nSPS) is 24.2. The minimum atomic E-state index is -0.178. The molecule has 3 heterocycles. The van der Waals surface area contributed by atoms with Crippen LogP contribution in [0.5, 0.6) is 0 Å². The Bertz CT molecular complexity index is 722. The van der Waals surface area contributed by atoms with Crippen LogP contribution >= 0.6 is 0 Å². The highest BCUT2D eigenvalue weighted by Crippen LogP contribution is 2.31. The van der Waals surface area contributed by atoms with Gasteiger partial charge in [0.25, 0.3) is 0 Å². The van der Waals surface area contributed by atoms with Gasteiger partial charge in [0.1, 0.15) is 0 Å². The van der Waals surface area contributed by atoms with Crippen LogP contribution in [0.1, 0.15) is 43.0 Å². The minimum Gasteiger partial charge on any atom is -0.462 e. The van der Waals surface area contributed by atoms with Crippen molar-refractivity contribution in [2.45, 2.75) is 45.2 Å². The van der Waals surface area contributed by atoms with E-state index in [0.29, 0.717) is 18.1 Å². The number of piperidine rings is 1. The Labute approximate surface area is 143 Å². The average molecular weight is 326 g/mol. The molecule has 2 aliphatic rings. The molecule has 0 N–H and O–H groups in total. The Hall–Kier alpha value is -1.81. The highest BCUT2D eigenvalue weighted by Gasteiger charge is 2.34. The maximum atomic E-state index is 12.6. The lowest BCUT2D eigenvalue weighted by atomic mass is 10.0. The molecule has 0 bridgehead atoms. The number of carbonyl (C=O) groups excluding carboxylic acids is 1. The maximum Gasteiger partial charge on any atom is 0.340 e. The zero-order valence-electron chi connectivity index (χ0n) is 14.4. The van der Waals surface area contributed by atoms with Crippen LogP contribution in [-0.2, 0) is 11.3 Å². The van der Waals surface area contributed by atoms with Crippen LogP contribution in [0.25, 0.3) is 10.9 Å². The summed E-state index contributed by atoms with van der Waals surface area (Å²) >= 11 is 0. The quantitative estimate of drug-likeness (QED) is 0.804. The summed E-state index contributed by atoms with van der Waals surface area (Å²) in [7, 11) is 0. The van der Waals surface area contributed by atoms with Crippen molar-refractivity contribution in [2.75, 3.05) is 19.7 Å². The van der Waals surface area contributed by atoms with Gasteiger partial charge in [0, 0.05) is 42.1 Å². The summed E-state index contributed by atoms with van der Waals surface area (Å²) in [4.78, 5) is 15.2. The lowest BCUT2D eigenvalue weighted by Gasteiger charge is -2.28. The zero-order valence-corrected chi connectivity index (χ0v) is 14.4. The molecule has 4 rings (SSSR count). The van der Waals surface area contributed by atoms with E-state index in [-0.39, 0.29) is 5.97 Å². The molecule has 0 amide bonds. The molecular formula is C20H26N2O2. The van der Waals surface area contributed by atoms with E-state index < -0.39 is 0 Å². The summed E-state index contributed by atoms with van der Waals surface area (Å²) in [6, 6.07) is 8.79. The summed E-state index contributed by atoms with van der Waals surface area (Å²) < 4.78 is 7.82. The highest BCUT2D eigenvalue weighted by molar-refractivity contribution is 6.04. The molecule has 2 aliphatic heterocycles. The molecule has 0 spiro atoms. The molecule has 0 aliphatic carbocycles. The van der Waals surface area contributed by atoms with Crippen LogP contribution in [0.15, 0.2) is 30.5 Å². The van der Waals surface area contributed by atoms with Crippen LogP contribution in [0.2, 0.25) is 0 Å². The fraction of sp³-hybridized carbons (Fsp3) is 0.550. The number of carbonyl (C=O) groups is 1. The van der Waals surface area contributed by atoms with Gasteiger partial charge in [-0.25, -0.2) is 4.79 Å². The van der Waals surface area contributed by atoms with Crippen molar-refractivity contribution in [2.24, 2.45) is 5.92 Å². The smallest absolute Gasteiger partial charge is 0.340 e. The molecule has 2 fully saturated rings. The van der Waals surface area contributed by atoms with Gasteiger partial charge in [-0.3, -0.25) is 4.90 Å². The number of benzene rings is 1. The number of ether oxygens (including phenoxy) is 1. The van der Waals surface area contributed by atoms with Gasteiger partial charge < -0.3 is 9.30 Å². The van der Waals surface area contributed by atoms with Gasteiger partial charge in [-0.2, -0.15) is 0 Å². The van der Waals surface area contributed by atoms with Crippen LogP contribution in [0.4, 0.5) is 0 Å². The molecular weight excluding hydrogens is 300 g/mol. The first-order chi connectivity index (χ1) is 11.8. The first kappa shape index (κ1) is 15.7. The minimum absolute atomic E-state index is 0.178. The van der Waals surface area contributed by atoms with Crippen LogP contribution < -0.4 is 0 Å². The average Bonchev–Trinajstić information content (AvgIpc) is 3.20. The SMILES string of the molecule is CCn1cc(C(=O)OCC2CC3CCCCN3C2)c2ccccc21. The van der Waals surface area contributed by atoms with E-state index in [1.807, 2.05) is 24.4 Å². The number of hydrogen-bond acceptors (Lipinski definition) is 3. The zero-order chi connectivity index (χ0) is 16.5. The molecule has 128 valence electrons. The van der Waals surface area contributed by atoms with E-state index >= 15 is 0 Å². The van der Waals surface area contributed by atoms with E-state index in [1.165, 1.54) is 32.2 Å². The Morgan fingerprint density at radius 2 is 2.17 bits per heavy atom. The Morgan fingerprint density at radius 3 is 3.00 bits per heavy atom. The first-order valence-electron chi connectivity index (χ1n) is 9.25. The number of esters is 1. The number of aromatic nitrogens is 1. The van der Waals surface area contributed by atoms with Crippen molar-refractivity contribution in [3.63, 3.8) is 0 Å². The topological polar surface area (TPSA) is 34.5 Å². The van der Waals surface area contributed by atoms with Crippen molar-refractivity contribution in [3.05, 3.63) is 36.0 Å². The van der Waals surface area contributed by atoms with Crippen molar-refractivity contribution >= 4 is 16.9 Å². The van der Waals surface area contributed by atoms with Crippen molar-refractivity contribution in [1.29, 1.82) is 0 Å². The Morgan fingerprint density at radius 1 is 1.29 bits per heavy atom. The largest absolute Gasteiger partial charge is 0.462 e. The van der Waals surface area contributed by atoms with Gasteiger partial charge in [-0.05, 0) is 38.8 Å². The molecule has 4 heteroatoms. The molecule has 2 atom stereocenters. The summed E-state index contributed by atoms with van der Waals surface area (Å²) in [5, 5.41) is 0.994. The highest BCUT2D eigenvalue weighted by atomic mass is 16.5. The predicted molar refractivity (Wildman–Crippen MR) is 95.2 cm³/mol. The van der Waals surface area contributed by atoms with Crippen molar-refractivity contribution in [3.8, 4) is 0 Å². The summed E-state index contributed by atoms with van der Waals surface area (Å²) in [5.74, 6) is 0.319. The number of aryl methyl sites for hydroxylation is 1. The molecule has 1 aromatic heterocycles. The van der Waals surface area contributed by atoms with Gasteiger partial charge in [-0.1, -0.05) is 24.6 Å². The predicted octanol–water partition coefficient (Wildman–Crippen LogP) is 3.69. The van der Waals surface area contributed by atoms with E-state index in [9.17, 15) is 4.79 Å². The number of nitrogens with zero attached hydrogens (tertiary/aromatic N) is 2. The van der Waals surface area contributed by atoms with E-state index in [4.69, 9.17) is 4.74 Å². The van der Waals surface area contributed by atoms with E-state index in [1.54, 1.807) is 0 Å². The molecule has 1 aromatic carbocycles. The number of fused-ring (bicyclic) bond motifs is 2. The number of para-hydroxylation sites is 1. The molecule has 0 saturated carbocycles. The first-order valence-corrected chi connectivity index (χ1v) is 9.25. The van der Waals surface area contributed by atoms with Crippen LogP contribution in [0, 0.1) is 5.92 Å². The third-order valence-electron chi connectivity index (χ3n) is 5.65.